The molecule has 4 rings (SSSR count). The van der Waals surface area contributed by atoms with Gasteiger partial charge in [-0.2, -0.15) is 13.2 Å². The Hall–Kier alpha value is -3.65. The van der Waals surface area contributed by atoms with Crippen molar-refractivity contribution in [2.75, 3.05) is 56.0 Å². The number of hydrogen-bond acceptors (Lipinski definition) is 6. The number of ether oxygens (including phenoxy) is 1. The molecule has 0 unspecified atom stereocenters. The van der Waals surface area contributed by atoms with E-state index >= 15 is 8.78 Å². The molecule has 9 nitrogen and oxygen atoms in total. The van der Waals surface area contributed by atoms with E-state index < -0.39 is 47.4 Å². The van der Waals surface area contributed by atoms with Crippen LogP contribution >= 0.6 is 11.6 Å². The highest BCUT2D eigenvalue weighted by Crippen LogP contribution is 2.32. The monoisotopic (exact) mass is 701 g/mol. The van der Waals surface area contributed by atoms with E-state index in [1.807, 2.05) is 4.90 Å². The molecule has 2 N–H and O–H groups in total. The summed E-state index contributed by atoms with van der Waals surface area (Å²) in [4.78, 5) is 43.3. The molecule has 264 valence electrons. The van der Waals surface area contributed by atoms with Crippen LogP contribution in [-0.4, -0.2) is 85.3 Å². The number of rotatable bonds is 9. The van der Waals surface area contributed by atoms with Crippen molar-refractivity contribution in [1.82, 2.24) is 15.1 Å². The smallest absolute Gasteiger partial charge is 0.410 e. The summed E-state index contributed by atoms with van der Waals surface area (Å²) in [7, 11) is 0. The number of piperazine rings is 1. The Morgan fingerprint density at radius 2 is 1.69 bits per heavy atom. The van der Waals surface area contributed by atoms with E-state index in [0.717, 1.165) is 12.5 Å². The number of piperidine rings is 1. The maximum Gasteiger partial charge on any atom is 0.410 e. The topological polar surface area (TPSA) is 94.2 Å². The fourth-order valence-corrected chi connectivity index (χ4v) is 5.88. The lowest BCUT2D eigenvalue weighted by atomic mass is 9.94. The van der Waals surface area contributed by atoms with Gasteiger partial charge in [0.15, 0.2) is 11.6 Å². The van der Waals surface area contributed by atoms with E-state index in [1.54, 1.807) is 36.6 Å². The molecule has 0 bridgehead atoms. The van der Waals surface area contributed by atoms with Gasteiger partial charge in [0.05, 0.1) is 23.4 Å². The van der Waals surface area contributed by atoms with Gasteiger partial charge in [-0.05, 0) is 63.8 Å². The molecule has 2 saturated heterocycles. The highest BCUT2D eigenvalue weighted by Gasteiger charge is 2.30. The number of carbonyl (C=O) groups is 3. The number of likely N-dealkylation sites (tertiary alicyclic amines) is 1. The largest absolute Gasteiger partial charge is 0.444 e. The predicted octanol–water partition coefficient (Wildman–Crippen LogP) is 6.60. The van der Waals surface area contributed by atoms with Crippen LogP contribution in [0.5, 0.6) is 0 Å². The minimum Gasteiger partial charge on any atom is -0.444 e. The lowest BCUT2D eigenvalue weighted by molar-refractivity contribution is -0.138. The van der Waals surface area contributed by atoms with Gasteiger partial charge in [0, 0.05) is 69.4 Å². The molecule has 2 aliphatic heterocycles. The van der Waals surface area contributed by atoms with Gasteiger partial charge in [-0.1, -0.05) is 17.7 Å². The predicted molar refractivity (Wildman–Crippen MR) is 172 cm³/mol. The number of halogens is 6. The first kappa shape index (κ1) is 37.2. The van der Waals surface area contributed by atoms with Crippen LogP contribution in [0, 0.1) is 17.6 Å². The summed E-state index contributed by atoms with van der Waals surface area (Å²) in [5.41, 5.74) is -0.563. The zero-order chi connectivity index (χ0) is 35.2. The molecule has 0 aromatic heterocycles. The van der Waals surface area contributed by atoms with Crippen molar-refractivity contribution in [1.29, 1.82) is 0 Å². The van der Waals surface area contributed by atoms with Gasteiger partial charge in [-0.3, -0.25) is 14.5 Å². The second-order valence-electron chi connectivity index (χ2n) is 13.1. The number of alkyl halides is 3. The minimum absolute atomic E-state index is 0.0932. The fourth-order valence-electron chi connectivity index (χ4n) is 5.71. The Morgan fingerprint density at radius 3 is 2.35 bits per heavy atom. The number of carbonyl (C=O) groups excluding carboxylic acids is 3. The first-order valence-corrected chi connectivity index (χ1v) is 16.2. The molecule has 2 heterocycles. The molecule has 0 radical (unpaired) electrons. The first-order valence-electron chi connectivity index (χ1n) is 15.9. The molecule has 1 atom stereocenters. The van der Waals surface area contributed by atoms with Crippen LogP contribution < -0.4 is 15.5 Å². The standard InChI is InChI=1S/C33H41ClF5N5O4/c1-32(2,3)48-31(47)44-11-4-5-21(20-44)17-27(45)40-19-22-6-8-24(29(36)28(22)35)30(46)41-25-9-7-23(34)18-26(25)43-15-13-42(14-16-43)12-10-33(37,38)39/h6-9,18,21H,4-5,10-17,19-20H2,1-3H3,(H,40,45)(H,41,46)/t21-/m1/s1. The third kappa shape index (κ3) is 10.7. The summed E-state index contributed by atoms with van der Waals surface area (Å²) in [5.74, 6) is -4.07. The number of amides is 3. The summed E-state index contributed by atoms with van der Waals surface area (Å²) < 4.78 is 73.5. The van der Waals surface area contributed by atoms with Gasteiger partial charge in [-0.15, -0.1) is 0 Å². The van der Waals surface area contributed by atoms with Crippen LogP contribution in [-0.2, 0) is 16.1 Å². The fraction of sp³-hybridized carbons (Fsp3) is 0.545. The third-order valence-electron chi connectivity index (χ3n) is 8.16. The van der Waals surface area contributed by atoms with Crippen LogP contribution in [0.4, 0.5) is 38.1 Å². The van der Waals surface area contributed by atoms with Crippen LogP contribution in [0.2, 0.25) is 5.02 Å². The molecule has 2 aromatic rings. The normalized spacial score (nSPS) is 17.6. The highest BCUT2D eigenvalue weighted by molar-refractivity contribution is 6.31. The number of nitrogens with one attached hydrogen (secondary N) is 2. The van der Waals surface area contributed by atoms with Gasteiger partial charge in [-0.25, -0.2) is 13.6 Å². The average Bonchev–Trinajstić information content (AvgIpc) is 3.01. The Labute approximate surface area is 281 Å². The van der Waals surface area contributed by atoms with Crippen molar-refractivity contribution in [2.24, 2.45) is 5.92 Å². The van der Waals surface area contributed by atoms with Gasteiger partial charge < -0.3 is 25.2 Å². The Kier molecular flexibility index (Phi) is 12.2. The summed E-state index contributed by atoms with van der Waals surface area (Å²) in [6, 6.07) is 6.98. The molecule has 2 aliphatic rings. The molecular weight excluding hydrogens is 661 g/mol. The lowest BCUT2D eigenvalue weighted by Crippen LogP contribution is -2.47. The second kappa shape index (κ2) is 15.7. The first-order chi connectivity index (χ1) is 22.5. The Bertz CT molecular complexity index is 1480. The molecule has 2 fully saturated rings. The van der Waals surface area contributed by atoms with Crippen LogP contribution in [0.15, 0.2) is 30.3 Å². The lowest BCUT2D eigenvalue weighted by Gasteiger charge is -2.37. The summed E-state index contributed by atoms with van der Waals surface area (Å²) >= 11 is 6.19. The number of nitrogens with zero attached hydrogens (tertiary/aromatic N) is 3. The van der Waals surface area contributed by atoms with Crippen molar-refractivity contribution in [3.05, 3.63) is 58.1 Å². The number of anilines is 2. The quantitative estimate of drug-likeness (QED) is 0.287. The molecule has 3 amide bonds. The molecule has 0 spiro atoms. The van der Waals surface area contributed by atoms with Gasteiger partial charge in [0.25, 0.3) is 5.91 Å². The molecular formula is C33H41ClF5N5O4. The molecule has 0 aliphatic carbocycles. The van der Waals surface area contributed by atoms with E-state index in [2.05, 4.69) is 10.6 Å². The van der Waals surface area contributed by atoms with Crippen LogP contribution in [0.1, 0.15) is 62.4 Å². The summed E-state index contributed by atoms with van der Waals surface area (Å²) in [6.45, 7) is 7.24. The number of hydrogen-bond donors (Lipinski definition) is 2. The maximum atomic E-state index is 15.2. The van der Waals surface area contributed by atoms with Crippen molar-refractivity contribution in [2.45, 2.75) is 64.8 Å². The van der Waals surface area contributed by atoms with E-state index in [4.69, 9.17) is 16.3 Å². The van der Waals surface area contributed by atoms with E-state index in [9.17, 15) is 27.6 Å². The van der Waals surface area contributed by atoms with Crippen molar-refractivity contribution >= 4 is 40.9 Å². The van der Waals surface area contributed by atoms with Crippen molar-refractivity contribution in [3.63, 3.8) is 0 Å². The number of benzene rings is 2. The van der Waals surface area contributed by atoms with E-state index in [-0.39, 0.29) is 42.6 Å². The SMILES string of the molecule is CC(C)(C)OC(=O)N1CCC[C@H](CC(=O)NCc2ccc(C(=O)Nc3ccc(Cl)cc3N3CCN(CCC(F)(F)F)CC3)c(F)c2F)C1. The molecule has 48 heavy (non-hydrogen) atoms. The van der Waals surface area contributed by atoms with Gasteiger partial charge in [0.2, 0.25) is 5.91 Å². The molecule has 15 heteroatoms. The zero-order valence-corrected chi connectivity index (χ0v) is 27.9. The summed E-state index contributed by atoms with van der Waals surface area (Å²) in [5, 5.41) is 5.55. The van der Waals surface area contributed by atoms with Crippen LogP contribution in [0.3, 0.4) is 0 Å². The minimum atomic E-state index is -4.24. The van der Waals surface area contributed by atoms with Crippen LogP contribution in [0.25, 0.3) is 0 Å². The van der Waals surface area contributed by atoms with Gasteiger partial charge >= 0.3 is 12.3 Å². The van der Waals surface area contributed by atoms with E-state index in [0.29, 0.717) is 56.4 Å². The Balaban J connectivity index is 1.33. The maximum absolute atomic E-state index is 15.2. The second-order valence-corrected chi connectivity index (χ2v) is 13.6. The molecule has 0 saturated carbocycles. The summed E-state index contributed by atoms with van der Waals surface area (Å²) in [6.07, 6.45) is -4.06. The van der Waals surface area contributed by atoms with Crippen molar-refractivity contribution < 1.29 is 41.1 Å². The average molecular weight is 702 g/mol. The van der Waals surface area contributed by atoms with Crippen molar-refractivity contribution in [3.8, 4) is 0 Å². The van der Waals surface area contributed by atoms with Gasteiger partial charge in [0.1, 0.15) is 5.60 Å². The van der Waals surface area contributed by atoms with E-state index in [1.165, 1.54) is 18.2 Å². The highest BCUT2D eigenvalue weighted by atomic mass is 35.5. The third-order valence-corrected chi connectivity index (χ3v) is 8.40. The zero-order valence-electron chi connectivity index (χ0n) is 27.2. The Morgan fingerprint density at radius 1 is 0.979 bits per heavy atom. The molecule has 2 aromatic carbocycles.